The van der Waals surface area contributed by atoms with E-state index in [0.717, 1.165) is 11.2 Å². The minimum atomic E-state index is -0.0523. The van der Waals surface area contributed by atoms with Gasteiger partial charge in [-0.2, -0.15) is 0 Å². The van der Waals surface area contributed by atoms with E-state index in [-0.39, 0.29) is 11.2 Å². The van der Waals surface area contributed by atoms with Crippen LogP contribution in [0.25, 0.3) is 0 Å². The van der Waals surface area contributed by atoms with E-state index in [1.54, 1.807) is 11.8 Å². The van der Waals surface area contributed by atoms with Gasteiger partial charge in [-0.15, -0.1) is 11.8 Å². The number of aldehydes is 1. The molecule has 0 spiro atoms. The molecule has 98 valence electrons. The van der Waals surface area contributed by atoms with Gasteiger partial charge < -0.3 is 4.79 Å². The van der Waals surface area contributed by atoms with Crippen molar-refractivity contribution >= 4 is 18.0 Å². The van der Waals surface area contributed by atoms with Crippen molar-refractivity contribution in [1.82, 2.24) is 0 Å². The summed E-state index contributed by atoms with van der Waals surface area (Å²) in [6.45, 7) is 4.22. The molecule has 2 rings (SSSR count). The molecular weight excluding hydrogens is 252 g/mol. The minimum Gasteiger partial charge on any atom is -0.302 e. The summed E-state index contributed by atoms with van der Waals surface area (Å²) in [6, 6.07) is 18.4. The van der Waals surface area contributed by atoms with Crippen LogP contribution in [0.1, 0.15) is 24.0 Å². The molecule has 0 aliphatic rings. The molecule has 0 radical (unpaired) electrons. The van der Waals surface area contributed by atoms with Crippen molar-refractivity contribution in [2.45, 2.75) is 29.9 Å². The van der Waals surface area contributed by atoms with Gasteiger partial charge in [0.15, 0.2) is 0 Å². The van der Waals surface area contributed by atoms with Crippen molar-refractivity contribution < 1.29 is 4.79 Å². The molecule has 0 saturated heterocycles. The maximum atomic E-state index is 11.4. The summed E-state index contributed by atoms with van der Waals surface area (Å²) >= 11 is 1.63. The highest BCUT2D eigenvalue weighted by molar-refractivity contribution is 8.00. The second-order valence-corrected chi connectivity index (χ2v) is 5.93. The van der Waals surface area contributed by atoms with E-state index in [1.165, 1.54) is 11.1 Å². The fourth-order valence-electron chi connectivity index (χ4n) is 2.18. The lowest BCUT2D eigenvalue weighted by Crippen LogP contribution is -2.15. The van der Waals surface area contributed by atoms with Crippen LogP contribution in [0.15, 0.2) is 59.5 Å². The third-order valence-electron chi connectivity index (χ3n) is 3.32. The summed E-state index contributed by atoms with van der Waals surface area (Å²) in [5.74, 6) is 0.212. The number of carbonyl (C=O) groups is 1. The fourth-order valence-corrected chi connectivity index (χ4v) is 3.21. The Hall–Kier alpha value is -1.54. The Morgan fingerprint density at radius 3 is 2.26 bits per heavy atom. The SMILES string of the molecule is Cc1ccccc1C(C)C(C=O)Sc1ccccc1. The standard InChI is InChI=1S/C17H18OS/c1-13-8-6-7-11-16(13)14(2)17(12-18)19-15-9-4-3-5-10-15/h3-12,14,17H,1-2H3. The van der Waals surface area contributed by atoms with Crippen molar-refractivity contribution in [1.29, 1.82) is 0 Å². The molecule has 2 heteroatoms. The van der Waals surface area contributed by atoms with Crippen LogP contribution in [-0.4, -0.2) is 11.5 Å². The van der Waals surface area contributed by atoms with E-state index in [4.69, 9.17) is 0 Å². The van der Waals surface area contributed by atoms with E-state index in [9.17, 15) is 4.79 Å². The van der Waals surface area contributed by atoms with E-state index < -0.39 is 0 Å². The maximum absolute atomic E-state index is 11.4. The molecule has 2 aromatic rings. The third-order valence-corrected chi connectivity index (χ3v) is 4.66. The zero-order valence-corrected chi connectivity index (χ0v) is 12.1. The number of benzene rings is 2. The topological polar surface area (TPSA) is 17.1 Å². The van der Waals surface area contributed by atoms with Crippen molar-refractivity contribution in [3.8, 4) is 0 Å². The van der Waals surface area contributed by atoms with Crippen molar-refractivity contribution in [3.05, 3.63) is 65.7 Å². The first-order valence-electron chi connectivity index (χ1n) is 6.45. The van der Waals surface area contributed by atoms with Crippen LogP contribution in [0.5, 0.6) is 0 Å². The van der Waals surface area contributed by atoms with Crippen LogP contribution in [0.3, 0.4) is 0 Å². The average molecular weight is 270 g/mol. The van der Waals surface area contributed by atoms with E-state index in [0.29, 0.717) is 0 Å². The monoisotopic (exact) mass is 270 g/mol. The van der Waals surface area contributed by atoms with E-state index in [1.807, 2.05) is 42.5 Å². The zero-order valence-electron chi connectivity index (χ0n) is 11.2. The number of rotatable bonds is 5. The van der Waals surface area contributed by atoms with Gasteiger partial charge in [0.25, 0.3) is 0 Å². The number of hydrogen-bond donors (Lipinski definition) is 0. The van der Waals surface area contributed by atoms with Crippen molar-refractivity contribution in [3.63, 3.8) is 0 Å². The zero-order chi connectivity index (χ0) is 13.7. The van der Waals surface area contributed by atoms with Crippen LogP contribution in [0.4, 0.5) is 0 Å². The summed E-state index contributed by atoms with van der Waals surface area (Å²) in [6.07, 6.45) is 1.06. The predicted octanol–water partition coefficient (Wildman–Crippen LogP) is 4.46. The first-order chi connectivity index (χ1) is 9.22. The predicted molar refractivity (Wildman–Crippen MR) is 81.7 cm³/mol. The van der Waals surface area contributed by atoms with Gasteiger partial charge in [0.1, 0.15) is 6.29 Å². The highest BCUT2D eigenvalue weighted by Crippen LogP contribution is 2.33. The number of hydrogen-bond acceptors (Lipinski definition) is 2. The normalized spacial score (nSPS) is 13.8. The molecule has 0 bridgehead atoms. The maximum Gasteiger partial charge on any atom is 0.133 e. The molecular formula is C17H18OS. The molecule has 2 atom stereocenters. The highest BCUT2D eigenvalue weighted by Gasteiger charge is 2.20. The Bertz CT molecular complexity index is 536. The molecule has 19 heavy (non-hydrogen) atoms. The first-order valence-corrected chi connectivity index (χ1v) is 7.33. The quantitative estimate of drug-likeness (QED) is 0.589. The summed E-state index contributed by atoms with van der Waals surface area (Å²) in [5, 5.41) is -0.0523. The fraction of sp³-hybridized carbons (Fsp3) is 0.235. The summed E-state index contributed by atoms with van der Waals surface area (Å²) in [4.78, 5) is 12.6. The van der Waals surface area contributed by atoms with Crippen LogP contribution in [-0.2, 0) is 4.79 Å². The number of thioether (sulfide) groups is 1. The Kier molecular flexibility index (Phi) is 4.80. The Morgan fingerprint density at radius 2 is 1.63 bits per heavy atom. The lowest BCUT2D eigenvalue weighted by atomic mass is 9.94. The van der Waals surface area contributed by atoms with Crippen LogP contribution in [0.2, 0.25) is 0 Å². The van der Waals surface area contributed by atoms with Gasteiger partial charge in [0.05, 0.1) is 5.25 Å². The second kappa shape index (κ2) is 6.58. The molecule has 2 aromatic carbocycles. The Labute approximate surface area is 119 Å². The minimum absolute atomic E-state index is 0.0523. The average Bonchev–Trinajstić information content (AvgIpc) is 2.46. The molecule has 0 amide bonds. The number of aryl methyl sites for hydroxylation is 1. The van der Waals surface area contributed by atoms with Gasteiger partial charge in [0.2, 0.25) is 0 Å². The van der Waals surface area contributed by atoms with Crippen LogP contribution >= 0.6 is 11.8 Å². The number of carbonyl (C=O) groups excluding carboxylic acids is 1. The van der Waals surface area contributed by atoms with Crippen molar-refractivity contribution in [2.75, 3.05) is 0 Å². The molecule has 1 nitrogen and oxygen atoms in total. The van der Waals surface area contributed by atoms with Gasteiger partial charge in [-0.3, -0.25) is 0 Å². The largest absolute Gasteiger partial charge is 0.302 e. The smallest absolute Gasteiger partial charge is 0.133 e. The summed E-state index contributed by atoms with van der Waals surface area (Å²) in [7, 11) is 0. The lowest BCUT2D eigenvalue weighted by Gasteiger charge is -2.20. The third kappa shape index (κ3) is 3.48. The Morgan fingerprint density at radius 1 is 1.00 bits per heavy atom. The Balaban J connectivity index is 2.18. The molecule has 0 aliphatic carbocycles. The van der Waals surface area contributed by atoms with E-state index in [2.05, 4.69) is 26.0 Å². The second-order valence-electron chi connectivity index (χ2n) is 4.68. The molecule has 0 N–H and O–H groups in total. The molecule has 0 heterocycles. The van der Waals surface area contributed by atoms with Crippen LogP contribution in [0, 0.1) is 6.92 Å². The molecule has 0 aliphatic heterocycles. The molecule has 0 aromatic heterocycles. The lowest BCUT2D eigenvalue weighted by molar-refractivity contribution is -0.107. The summed E-state index contributed by atoms with van der Waals surface area (Å²) in [5.41, 5.74) is 2.50. The molecule has 2 unspecified atom stereocenters. The van der Waals surface area contributed by atoms with Gasteiger partial charge >= 0.3 is 0 Å². The molecule has 0 fully saturated rings. The van der Waals surface area contributed by atoms with Gasteiger partial charge in [0, 0.05) is 10.8 Å². The van der Waals surface area contributed by atoms with Gasteiger partial charge in [-0.05, 0) is 30.2 Å². The van der Waals surface area contributed by atoms with Crippen LogP contribution < -0.4 is 0 Å². The summed E-state index contributed by atoms with van der Waals surface area (Å²) < 4.78 is 0. The van der Waals surface area contributed by atoms with Gasteiger partial charge in [-0.1, -0.05) is 49.4 Å². The first kappa shape index (κ1) is 13.9. The van der Waals surface area contributed by atoms with Gasteiger partial charge in [-0.25, -0.2) is 0 Å². The highest BCUT2D eigenvalue weighted by atomic mass is 32.2. The van der Waals surface area contributed by atoms with E-state index >= 15 is 0 Å². The molecule has 0 saturated carbocycles. The van der Waals surface area contributed by atoms with Crippen molar-refractivity contribution in [2.24, 2.45) is 0 Å².